The molecule has 2 N–H and O–H groups in total. The first-order valence-electron chi connectivity index (χ1n) is 8.31. The van der Waals surface area contributed by atoms with Gasteiger partial charge in [-0.15, -0.1) is 0 Å². The molecule has 0 aliphatic heterocycles. The van der Waals surface area contributed by atoms with Crippen molar-refractivity contribution in [3.63, 3.8) is 0 Å². The Labute approximate surface area is 157 Å². The molecule has 0 unspecified atom stereocenters. The number of amides is 1. The fourth-order valence-electron chi connectivity index (χ4n) is 2.47. The zero-order valence-electron chi connectivity index (χ0n) is 15.5. The predicted octanol–water partition coefficient (Wildman–Crippen LogP) is 3.75. The lowest BCUT2D eigenvalue weighted by Crippen LogP contribution is -2.13. The minimum absolute atomic E-state index is 0.213. The lowest BCUT2D eigenvalue weighted by molar-refractivity contribution is 0.102. The second kappa shape index (κ2) is 6.70. The molecule has 0 saturated heterocycles. The lowest BCUT2D eigenvalue weighted by atomic mass is 9.97. The molecule has 0 aliphatic carbocycles. The molecule has 0 fully saturated rings. The van der Waals surface area contributed by atoms with Crippen LogP contribution in [-0.2, 0) is 15.4 Å². The van der Waals surface area contributed by atoms with Gasteiger partial charge in [0.25, 0.3) is 5.91 Å². The van der Waals surface area contributed by atoms with Gasteiger partial charge in [0.1, 0.15) is 5.52 Å². The Balaban J connectivity index is 1.82. The van der Waals surface area contributed by atoms with Crippen LogP contribution >= 0.6 is 0 Å². The molecule has 3 aromatic rings. The number of nitrogens with zero attached hydrogens (tertiary/aromatic N) is 1. The first-order chi connectivity index (χ1) is 12.5. The summed E-state index contributed by atoms with van der Waals surface area (Å²) in [5.74, 6) is 0.270. The van der Waals surface area contributed by atoms with E-state index in [-0.39, 0.29) is 11.3 Å². The summed E-state index contributed by atoms with van der Waals surface area (Å²) in [6, 6.07) is 11.5. The number of hydrogen-bond acceptors (Lipinski definition) is 5. The van der Waals surface area contributed by atoms with Crippen LogP contribution in [0.5, 0.6) is 0 Å². The van der Waals surface area contributed by atoms with Crippen molar-refractivity contribution in [3.8, 4) is 0 Å². The Morgan fingerprint density at radius 1 is 1.07 bits per heavy atom. The molecule has 0 radical (unpaired) electrons. The van der Waals surface area contributed by atoms with Gasteiger partial charge in [0, 0.05) is 22.4 Å². The summed E-state index contributed by atoms with van der Waals surface area (Å²) in [6.07, 6.45) is 1.05. The molecular weight excluding hydrogens is 366 g/mol. The molecule has 0 bridgehead atoms. The molecule has 0 spiro atoms. The number of aromatic nitrogens is 1. The normalized spacial score (nSPS) is 12.1. The van der Waals surface area contributed by atoms with Crippen LogP contribution in [0.3, 0.4) is 0 Å². The summed E-state index contributed by atoms with van der Waals surface area (Å²) in [5, 5.41) is 2.79. The number of hydrogen-bond donors (Lipinski definition) is 2. The number of sulfonamides is 1. The molecule has 142 valence electrons. The fourth-order valence-corrected chi connectivity index (χ4v) is 3.02. The standard InChI is InChI=1S/C19H21N3O4S/c1-19(2,3)18-21-15-11-13(8-9-16(15)26-18)20-17(23)12-6-5-7-14(10-12)22-27(4,24)25/h5-11,22H,1-4H3,(H,20,23). The van der Waals surface area contributed by atoms with Gasteiger partial charge < -0.3 is 9.73 Å². The Hall–Kier alpha value is -2.87. The maximum Gasteiger partial charge on any atom is 0.255 e. The van der Waals surface area contributed by atoms with Crippen LogP contribution in [0.2, 0.25) is 0 Å². The van der Waals surface area contributed by atoms with Gasteiger partial charge in [-0.05, 0) is 36.4 Å². The zero-order valence-corrected chi connectivity index (χ0v) is 16.3. The van der Waals surface area contributed by atoms with E-state index in [0.29, 0.717) is 33.9 Å². The molecule has 27 heavy (non-hydrogen) atoms. The van der Waals surface area contributed by atoms with Crippen molar-refractivity contribution in [1.29, 1.82) is 0 Å². The van der Waals surface area contributed by atoms with E-state index in [1.165, 1.54) is 6.07 Å². The molecule has 0 atom stereocenters. The highest BCUT2D eigenvalue weighted by molar-refractivity contribution is 7.92. The molecule has 3 rings (SSSR count). The number of oxazole rings is 1. The van der Waals surface area contributed by atoms with Crippen molar-refractivity contribution in [2.45, 2.75) is 26.2 Å². The van der Waals surface area contributed by atoms with Gasteiger partial charge in [0.2, 0.25) is 15.9 Å². The first-order valence-corrected chi connectivity index (χ1v) is 10.2. The van der Waals surface area contributed by atoms with E-state index in [4.69, 9.17) is 4.42 Å². The average molecular weight is 387 g/mol. The van der Waals surface area contributed by atoms with Gasteiger partial charge in [-0.2, -0.15) is 0 Å². The molecule has 0 saturated carbocycles. The van der Waals surface area contributed by atoms with Gasteiger partial charge in [-0.3, -0.25) is 9.52 Å². The van der Waals surface area contributed by atoms with Crippen LogP contribution in [0, 0.1) is 0 Å². The maximum atomic E-state index is 12.5. The van der Waals surface area contributed by atoms with Crippen molar-refractivity contribution in [2.24, 2.45) is 0 Å². The largest absolute Gasteiger partial charge is 0.440 e. The van der Waals surface area contributed by atoms with Crippen LogP contribution in [0.15, 0.2) is 46.9 Å². The van der Waals surface area contributed by atoms with Crippen LogP contribution < -0.4 is 10.0 Å². The summed E-state index contributed by atoms with van der Waals surface area (Å²) < 4.78 is 30.8. The molecule has 1 heterocycles. The summed E-state index contributed by atoms with van der Waals surface area (Å²) >= 11 is 0. The number of nitrogens with one attached hydrogen (secondary N) is 2. The van der Waals surface area contributed by atoms with Crippen LogP contribution in [0.4, 0.5) is 11.4 Å². The number of fused-ring (bicyclic) bond motifs is 1. The molecular formula is C19H21N3O4S. The van der Waals surface area contributed by atoms with Gasteiger partial charge in [0.15, 0.2) is 5.58 Å². The number of carbonyl (C=O) groups is 1. The second-order valence-electron chi connectivity index (χ2n) is 7.36. The van der Waals surface area contributed by atoms with E-state index in [1.54, 1.807) is 36.4 Å². The number of anilines is 2. The van der Waals surface area contributed by atoms with Crippen molar-refractivity contribution in [2.75, 3.05) is 16.3 Å². The van der Waals surface area contributed by atoms with Crippen molar-refractivity contribution in [3.05, 3.63) is 53.9 Å². The molecule has 0 aliphatic rings. The highest BCUT2D eigenvalue weighted by Gasteiger charge is 2.21. The molecule has 1 amide bonds. The number of carbonyl (C=O) groups excluding carboxylic acids is 1. The Bertz CT molecular complexity index is 1110. The van der Waals surface area contributed by atoms with Crippen molar-refractivity contribution < 1.29 is 17.6 Å². The molecule has 2 aromatic carbocycles. The van der Waals surface area contributed by atoms with Crippen LogP contribution in [0.1, 0.15) is 37.0 Å². The van der Waals surface area contributed by atoms with Gasteiger partial charge in [-0.1, -0.05) is 26.8 Å². The summed E-state index contributed by atoms with van der Waals surface area (Å²) in [5.41, 5.74) is 2.33. The summed E-state index contributed by atoms with van der Waals surface area (Å²) in [6.45, 7) is 6.04. The van der Waals surface area contributed by atoms with Crippen LogP contribution in [0.25, 0.3) is 11.1 Å². The third-order valence-electron chi connectivity index (χ3n) is 3.72. The third kappa shape index (κ3) is 4.65. The van der Waals surface area contributed by atoms with E-state index in [2.05, 4.69) is 15.0 Å². The monoisotopic (exact) mass is 387 g/mol. The minimum atomic E-state index is -3.41. The number of rotatable bonds is 4. The fraction of sp³-hybridized carbons (Fsp3) is 0.263. The Morgan fingerprint density at radius 3 is 2.48 bits per heavy atom. The van der Waals surface area contributed by atoms with E-state index >= 15 is 0 Å². The van der Waals surface area contributed by atoms with Crippen LogP contribution in [-0.4, -0.2) is 25.6 Å². The van der Waals surface area contributed by atoms with E-state index in [1.807, 2.05) is 20.8 Å². The van der Waals surface area contributed by atoms with Crippen molar-refractivity contribution in [1.82, 2.24) is 4.98 Å². The summed E-state index contributed by atoms with van der Waals surface area (Å²) in [7, 11) is -3.41. The average Bonchev–Trinajstić information content (AvgIpc) is 2.97. The first kappa shape index (κ1) is 18.9. The molecule has 8 heteroatoms. The number of benzene rings is 2. The summed E-state index contributed by atoms with van der Waals surface area (Å²) in [4.78, 5) is 17.0. The van der Waals surface area contributed by atoms with E-state index < -0.39 is 10.0 Å². The smallest absolute Gasteiger partial charge is 0.255 e. The second-order valence-corrected chi connectivity index (χ2v) is 9.11. The molecule has 1 aromatic heterocycles. The van der Waals surface area contributed by atoms with Gasteiger partial charge in [-0.25, -0.2) is 13.4 Å². The quantitative estimate of drug-likeness (QED) is 0.710. The van der Waals surface area contributed by atoms with Crippen molar-refractivity contribution >= 4 is 38.4 Å². The minimum Gasteiger partial charge on any atom is -0.440 e. The highest BCUT2D eigenvalue weighted by Crippen LogP contribution is 2.27. The predicted molar refractivity (Wildman–Crippen MR) is 106 cm³/mol. The zero-order chi connectivity index (χ0) is 19.8. The third-order valence-corrected chi connectivity index (χ3v) is 4.32. The topological polar surface area (TPSA) is 101 Å². The van der Waals surface area contributed by atoms with E-state index in [0.717, 1.165) is 6.26 Å². The Morgan fingerprint density at radius 2 is 1.81 bits per heavy atom. The Kier molecular flexibility index (Phi) is 4.69. The highest BCUT2D eigenvalue weighted by atomic mass is 32.2. The van der Waals surface area contributed by atoms with E-state index in [9.17, 15) is 13.2 Å². The molecule has 7 nitrogen and oxygen atoms in total. The van der Waals surface area contributed by atoms with Gasteiger partial charge in [0.05, 0.1) is 6.26 Å². The van der Waals surface area contributed by atoms with Gasteiger partial charge >= 0.3 is 0 Å². The lowest BCUT2D eigenvalue weighted by Gasteiger charge is -2.11. The maximum absolute atomic E-state index is 12.5. The SMILES string of the molecule is CC(C)(C)c1nc2cc(NC(=O)c3cccc(NS(C)(=O)=O)c3)ccc2o1.